The van der Waals surface area contributed by atoms with Crippen molar-refractivity contribution in [3.63, 3.8) is 0 Å². The van der Waals surface area contributed by atoms with Crippen LogP contribution in [-0.2, 0) is 20.0 Å². The number of hydrogen-bond donors (Lipinski definition) is 2. The first kappa shape index (κ1) is 24.1. The van der Waals surface area contributed by atoms with Crippen LogP contribution in [0.4, 0.5) is 11.4 Å². The summed E-state index contributed by atoms with van der Waals surface area (Å²) in [7, 11) is -7.71. The lowest BCUT2D eigenvalue weighted by atomic mass is 10.1. The number of aryl methyl sites for hydroxylation is 5. The van der Waals surface area contributed by atoms with Crippen molar-refractivity contribution in [3.05, 3.63) is 81.4 Å². The van der Waals surface area contributed by atoms with Crippen molar-refractivity contribution in [2.75, 3.05) is 9.44 Å². The van der Waals surface area contributed by atoms with E-state index >= 15 is 0 Å². The monoisotopic (exact) mass is 492 g/mol. The van der Waals surface area contributed by atoms with Crippen LogP contribution < -0.4 is 9.44 Å². The molecule has 0 aromatic heterocycles. The molecule has 0 aliphatic carbocycles. The smallest absolute Gasteiger partial charge is 0.262 e. The van der Waals surface area contributed by atoms with Crippen molar-refractivity contribution in [3.8, 4) is 0 Å². The summed E-state index contributed by atoms with van der Waals surface area (Å²) in [6.45, 7) is 9.03. The first-order chi connectivity index (χ1) is 14.8. The van der Waals surface area contributed by atoms with Crippen LogP contribution in [0, 0.1) is 34.6 Å². The fourth-order valence-corrected chi connectivity index (χ4v) is 6.28. The maximum atomic E-state index is 12.9. The third kappa shape index (κ3) is 5.09. The molecule has 0 fully saturated rings. The van der Waals surface area contributed by atoms with Crippen molar-refractivity contribution in [2.24, 2.45) is 0 Å². The summed E-state index contributed by atoms with van der Waals surface area (Å²) < 4.78 is 56.5. The van der Waals surface area contributed by atoms with Gasteiger partial charge < -0.3 is 0 Å². The van der Waals surface area contributed by atoms with Crippen LogP contribution in [0.5, 0.6) is 0 Å². The molecule has 0 unspecified atom stereocenters. The average molecular weight is 493 g/mol. The summed E-state index contributed by atoms with van der Waals surface area (Å²) in [5.41, 5.74) is 4.64. The Balaban J connectivity index is 1.86. The molecular weight excluding hydrogens is 468 g/mol. The maximum absolute atomic E-state index is 12.9. The van der Waals surface area contributed by atoms with Crippen LogP contribution in [0.15, 0.2) is 58.3 Å². The number of nitrogens with one attached hydrogen (secondary N) is 2. The molecule has 0 aliphatic heterocycles. The minimum Gasteiger partial charge on any atom is -0.280 e. The lowest BCUT2D eigenvalue weighted by Gasteiger charge is -2.15. The second-order valence-corrected chi connectivity index (χ2v) is 11.6. The third-order valence-electron chi connectivity index (χ3n) is 5.08. The number of benzene rings is 3. The van der Waals surface area contributed by atoms with Gasteiger partial charge in [-0.15, -0.1) is 0 Å². The highest BCUT2D eigenvalue weighted by atomic mass is 35.5. The van der Waals surface area contributed by atoms with Gasteiger partial charge in [-0.05, 0) is 93.3 Å². The molecule has 3 rings (SSSR count). The van der Waals surface area contributed by atoms with E-state index in [0.29, 0.717) is 21.8 Å². The van der Waals surface area contributed by atoms with Crippen molar-refractivity contribution in [1.29, 1.82) is 0 Å². The lowest BCUT2D eigenvalue weighted by molar-refractivity contribution is 0.599. The summed E-state index contributed by atoms with van der Waals surface area (Å²) in [6, 6.07) is 12.5. The van der Waals surface area contributed by atoms with Crippen LogP contribution >= 0.6 is 11.6 Å². The van der Waals surface area contributed by atoms with Crippen LogP contribution in [0.25, 0.3) is 0 Å². The number of sulfonamides is 2. The Kier molecular flexibility index (Phi) is 6.60. The molecule has 0 radical (unpaired) electrons. The van der Waals surface area contributed by atoms with Crippen molar-refractivity contribution < 1.29 is 16.8 Å². The molecular formula is C23H25ClN2O4S2. The zero-order valence-electron chi connectivity index (χ0n) is 18.4. The van der Waals surface area contributed by atoms with E-state index in [1.54, 1.807) is 19.9 Å². The molecule has 3 aromatic carbocycles. The molecule has 0 saturated carbocycles. The molecule has 0 atom stereocenters. The van der Waals surface area contributed by atoms with Gasteiger partial charge in [0.2, 0.25) is 0 Å². The van der Waals surface area contributed by atoms with Crippen LogP contribution in [-0.4, -0.2) is 16.8 Å². The second kappa shape index (κ2) is 8.77. The molecule has 32 heavy (non-hydrogen) atoms. The molecule has 3 aromatic rings. The number of anilines is 2. The molecule has 2 N–H and O–H groups in total. The first-order valence-corrected chi connectivity index (χ1v) is 13.1. The van der Waals surface area contributed by atoms with E-state index in [1.807, 2.05) is 32.9 Å². The molecule has 0 aliphatic rings. The predicted molar refractivity (Wildman–Crippen MR) is 130 cm³/mol. The molecule has 0 heterocycles. The predicted octanol–water partition coefficient (Wildman–Crippen LogP) is 5.48. The SMILES string of the molecule is Cc1cc(C)c(NS(=O)(=O)c2ccc(NS(=O)(=O)c3cc(C)c(Cl)cc3C)cc2)c(C)c1. The summed E-state index contributed by atoms with van der Waals surface area (Å²) in [5.74, 6) is 0. The Morgan fingerprint density at radius 2 is 1.22 bits per heavy atom. The van der Waals surface area contributed by atoms with E-state index in [1.165, 1.54) is 30.3 Å². The van der Waals surface area contributed by atoms with E-state index < -0.39 is 20.0 Å². The largest absolute Gasteiger partial charge is 0.280 e. The minimum atomic E-state index is -3.87. The van der Waals surface area contributed by atoms with Crippen molar-refractivity contribution >= 4 is 43.0 Å². The Morgan fingerprint density at radius 1 is 0.656 bits per heavy atom. The Hall–Kier alpha value is -2.55. The number of halogens is 1. The minimum absolute atomic E-state index is 0.0262. The zero-order chi connectivity index (χ0) is 23.8. The standard InChI is InChI=1S/C23H25ClN2O4S2/c1-14-10-17(4)23(18(5)11-14)26-31(27,28)20-8-6-19(7-9-20)25-32(29,30)22-13-15(2)21(24)12-16(22)3/h6-13,25-26H,1-5H3. The van der Waals surface area contributed by atoms with Gasteiger partial charge in [0.05, 0.1) is 15.5 Å². The van der Waals surface area contributed by atoms with E-state index in [9.17, 15) is 16.8 Å². The number of hydrogen-bond acceptors (Lipinski definition) is 4. The highest BCUT2D eigenvalue weighted by molar-refractivity contribution is 7.93. The van der Waals surface area contributed by atoms with E-state index in [4.69, 9.17) is 11.6 Å². The van der Waals surface area contributed by atoms with Gasteiger partial charge in [0.25, 0.3) is 20.0 Å². The summed E-state index contributed by atoms with van der Waals surface area (Å²) in [5, 5.41) is 0.488. The van der Waals surface area contributed by atoms with Gasteiger partial charge in [-0.1, -0.05) is 29.3 Å². The lowest BCUT2D eigenvalue weighted by Crippen LogP contribution is -2.16. The molecule has 170 valence electrons. The van der Waals surface area contributed by atoms with Crippen LogP contribution in [0.2, 0.25) is 5.02 Å². The Bertz CT molecular complexity index is 1380. The zero-order valence-corrected chi connectivity index (χ0v) is 20.8. The van der Waals surface area contributed by atoms with Crippen LogP contribution in [0.3, 0.4) is 0 Å². The number of rotatable bonds is 6. The summed E-state index contributed by atoms with van der Waals surface area (Å²) in [4.78, 5) is 0.140. The van der Waals surface area contributed by atoms with E-state index in [-0.39, 0.29) is 15.5 Å². The van der Waals surface area contributed by atoms with Crippen molar-refractivity contribution in [2.45, 2.75) is 44.4 Å². The Labute approximate surface area is 194 Å². The summed E-state index contributed by atoms with van der Waals surface area (Å²) in [6.07, 6.45) is 0. The highest BCUT2D eigenvalue weighted by Gasteiger charge is 2.20. The molecule has 9 heteroatoms. The maximum Gasteiger partial charge on any atom is 0.262 e. The first-order valence-electron chi connectivity index (χ1n) is 9.80. The normalized spacial score (nSPS) is 11.9. The van der Waals surface area contributed by atoms with E-state index in [2.05, 4.69) is 9.44 Å². The van der Waals surface area contributed by atoms with Gasteiger partial charge in [0, 0.05) is 10.7 Å². The molecule has 0 saturated heterocycles. The molecule has 0 bridgehead atoms. The quantitative estimate of drug-likeness (QED) is 0.476. The van der Waals surface area contributed by atoms with Gasteiger partial charge >= 0.3 is 0 Å². The van der Waals surface area contributed by atoms with Gasteiger partial charge in [-0.3, -0.25) is 9.44 Å². The third-order valence-corrected chi connectivity index (χ3v) is 8.37. The van der Waals surface area contributed by atoms with Gasteiger partial charge in [-0.2, -0.15) is 0 Å². The fraction of sp³-hybridized carbons (Fsp3) is 0.217. The Morgan fingerprint density at radius 3 is 1.78 bits per heavy atom. The second-order valence-electron chi connectivity index (χ2n) is 7.88. The molecule has 6 nitrogen and oxygen atoms in total. The van der Waals surface area contributed by atoms with E-state index in [0.717, 1.165) is 16.7 Å². The molecule has 0 spiro atoms. The van der Waals surface area contributed by atoms with Crippen LogP contribution in [0.1, 0.15) is 27.8 Å². The fourth-order valence-electron chi connectivity index (χ4n) is 3.49. The topological polar surface area (TPSA) is 92.3 Å². The average Bonchev–Trinajstić information content (AvgIpc) is 2.67. The summed E-state index contributed by atoms with van der Waals surface area (Å²) >= 11 is 6.06. The highest BCUT2D eigenvalue weighted by Crippen LogP contribution is 2.28. The van der Waals surface area contributed by atoms with Gasteiger partial charge in [0.1, 0.15) is 0 Å². The van der Waals surface area contributed by atoms with Gasteiger partial charge in [0.15, 0.2) is 0 Å². The molecule has 0 amide bonds. The van der Waals surface area contributed by atoms with Gasteiger partial charge in [-0.25, -0.2) is 16.8 Å². The van der Waals surface area contributed by atoms with Crippen molar-refractivity contribution in [1.82, 2.24) is 0 Å².